The predicted molar refractivity (Wildman–Crippen MR) is 84.1 cm³/mol. The van der Waals surface area contributed by atoms with Crippen LogP contribution in [-0.4, -0.2) is 15.3 Å². The Balaban J connectivity index is 1.94. The molecule has 0 aliphatic rings. The molecule has 0 aliphatic heterocycles. The Hall–Kier alpha value is -2.10. The molecule has 0 fully saturated rings. The lowest BCUT2D eigenvalue weighted by Crippen LogP contribution is -2.22. The molecule has 0 bridgehead atoms. The van der Waals surface area contributed by atoms with Gasteiger partial charge in [0.2, 0.25) is 0 Å². The van der Waals surface area contributed by atoms with Gasteiger partial charge in [-0.2, -0.15) is 5.10 Å². The van der Waals surface area contributed by atoms with E-state index in [0.29, 0.717) is 5.02 Å². The zero-order valence-corrected chi connectivity index (χ0v) is 12.3. The largest absolute Gasteiger partial charge is 0.381 e. The van der Waals surface area contributed by atoms with E-state index in [1.54, 1.807) is 25.3 Å². The fraction of sp³-hybridized carbons (Fsp3) is 0.118. The number of nitrogens with one attached hydrogen (secondary N) is 1. The number of aliphatic hydroxyl groups is 1. The molecule has 0 amide bonds. The maximum atomic E-state index is 10.8. The van der Waals surface area contributed by atoms with Crippen molar-refractivity contribution in [3.63, 3.8) is 0 Å². The van der Waals surface area contributed by atoms with Crippen molar-refractivity contribution >= 4 is 11.6 Å². The average Bonchev–Trinajstić information content (AvgIpc) is 3.02. The van der Waals surface area contributed by atoms with Crippen LogP contribution in [-0.2, 0) is 5.60 Å². The van der Waals surface area contributed by atoms with Crippen LogP contribution in [0.25, 0.3) is 11.1 Å². The maximum absolute atomic E-state index is 10.8. The Morgan fingerprint density at radius 1 is 0.952 bits per heavy atom. The molecule has 1 atom stereocenters. The number of halogens is 1. The lowest BCUT2D eigenvalue weighted by molar-refractivity contribution is 0.102. The van der Waals surface area contributed by atoms with Crippen LogP contribution in [0.4, 0.5) is 0 Å². The number of hydrogen-bond acceptors (Lipinski definition) is 2. The van der Waals surface area contributed by atoms with Gasteiger partial charge in [-0.1, -0.05) is 48.0 Å². The quantitative estimate of drug-likeness (QED) is 0.768. The van der Waals surface area contributed by atoms with Crippen LogP contribution in [0.15, 0.2) is 60.9 Å². The zero-order valence-electron chi connectivity index (χ0n) is 11.5. The third kappa shape index (κ3) is 2.71. The molecular weight excluding hydrogens is 284 g/mol. The van der Waals surface area contributed by atoms with Crippen molar-refractivity contribution in [3.05, 3.63) is 77.1 Å². The molecule has 2 N–H and O–H groups in total. The minimum Gasteiger partial charge on any atom is -0.381 e. The Kier molecular flexibility index (Phi) is 3.53. The molecule has 0 saturated carbocycles. The Morgan fingerprint density at radius 3 is 2.05 bits per heavy atom. The molecule has 2 aromatic carbocycles. The molecule has 1 aromatic heterocycles. The normalized spacial score (nSPS) is 13.9. The van der Waals surface area contributed by atoms with Gasteiger partial charge in [0.05, 0.1) is 6.20 Å². The summed E-state index contributed by atoms with van der Waals surface area (Å²) in [6, 6.07) is 15.1. The van der Waals surface area contributed by atoms with E-state index in [9.17, 15) is 5.11 Å². The monoisotopic (exact) mass is 298 g/mol. The number of H-pyrrole nitrogens is 1. The fourth-order valence-corrected chi connectivity index (χ4v) is 2.46. The van der Waals surface area contributed by atoms with Gasteiger partial charge in [-0.05, 0) is 35.7 Å². The summed E-state index contributed by atoms with van der Waals surface area (Å²) in [6.07, 6.45) is 3.61. The molecule has 3 aromatic rings. The number of hydrogen-bond donors (Lipinski definition) is 2. The standard InChI is InChI=1S/C17H15ClN2O/c1-17(21,15-6-8-16(18)9-7-15)14-4-2-12(3-5-14)13-10-19-20-11-13/h2-11,21H,1H3,(H,19,20). The predicted octanol–water partition coefficient (Wildman–Crippen LogP) is 3.99. The van der Waals surface area contributed by atoms with E-state index in [0.717, 1.165) is 22.3 Å². The molecular formula is C17H15ClN2O. The van der Waals surface area contributed by atoms with Crippen molar-refractivity contribution in [1.82, 2.24) is 10.2 Å². The van der Waals surface area contributed by atoms with Crippen LogP contribution in [0.1, 0.15) is 18.1 Å². The smallest absolute Gasteiger partial charge is 0.112 e. The lowest BCUT2D eigenvalue weighted by Gasteiger charge is -2.24. The summed E-state index contributed by atoms with van der Waals surface area (Å²) in [4.78, 5) is 0. The minimum atomic E-state index is -1.06. The summed E-state index contributed by atoms with van der Waals surface area (Å²) in [7, 11) is 0. The van der Waals surface area contributed by atoms with Gasteiger partial charge >= 0.3 is 0 Å². The molecule has 0 radical (unpaired) electrons. The summed E-state index contributed by atoms with van der Waals surface area (Å²) >= 11 is 5.90. The number of benzene rings is 2. The first-order valence-electron chi connectivity index (χ1n) is 6.65. The molecule has 1 heterocycles. The number of rotatable bonds is 3. The average molecular weight is 299 g/mol. The van der Waals surface area contributed by atoms with E-state index in [2.05, 4.69) is 10.2 Å². The zero-order chi connectivity index (χ0) is 14.9. The van der Waals surface area contributed by atoms with Crippen LogP contribution in [0.5, 0.6) is 0 Å². The van der Waals surface area contributed by atoms with Gasteiger partial charge in [0.1, 0.15) is 5.60 Å². The molecule has 3 rings (SSSR count). The number of nitrogens with zero attached hydrogens (tertiary/aromatic N) is 1. The summed E-state index contributed by atoms with van der Waals surface area (Å²) in [6.45, 7) is 1.78. The topological polar surface area (TPSA) is 48.9 Å². The van der Waals surface area contributed by atoms with Crippen LogP contribution in [0, 0.1) is 0 Å². The number of aromatic amines is 1. The Morgan fingerprint density at radius 2 is 1.52 bits per heavy atom. The highest BCUT2D eigenvalue weighted by Crippen LogP contribution is 2.31. The van der Waals surface area contributed by atoms with Gasteiger partial charge < -0.3 is 5.11 Å². The second kappa shape index (κ2) is 5.35. The van der Waals surface area contributed by atoms with Crippen LogP contribution in [0.3, 0.4) is 0 Å². The highest BCUT2D eigenvalue weighted by atomic mass is 35.5. The van der Waals surface area contributed by atoms with Crippen molar-refractivity contribution in [1.29, 1.82) is 0 Å². The molecule has 1 unspecified atom stereocenters. The minimum absolute atomic E-state index is 0.657. The molecule has 21 heavy (non-hydrogen) atoms. The van der Waals surface area contributed by atoms with E-state index in [-0.39, 0.29) is 0 Å². The third-order valence-electron chi connectivity index (χ3n) is 3.68. The first-order valence-corrected chi connectivity index (χ1v) is 7.03. The van der Waals surface area contributed by atoms with Crippen molar-refractivity contribution in [2.45, 2.75) is 12.5 Å². The summed E-state index contributed by atoms with van der Waals surface area (Å²) in [5.41, 5.74) is 2.66. The highest BCUT2D eigenvalue weighted by Gasteiger charge is 2.25. The van der Waals surface area contributed by atoms with Gasteiger partial charge in [-0.3, -0.25) is 5.10 Å². The van der Waals surface area contributed by atoms with Gasteiger partial charge in [0.25, 0.3) is 0 Å². The van der Waals surface area contributed by atoms with Crippen molar-refractivity contribution < 1.29 is 5.11 Å². The summed E-state index contributed by atoms with van der Waals surface area (Å²) < 4.78 is 0. The van der Waals surface area contributed by atoms with E-state index >= 15 is 0 Å². The van der Waals surface area contributed by atoms with Crippen molar-refractivity contribution in [3.8, 4) is 11.1 Å². The summed E-state index contributed by atoms with van der Waals surface area (Å²) in [5.74, 6) is 0. The SMILES string of the molecule is CC(O)(c1ccc(Cl)cc1)c1ccc(-c2cn[nH]c2)cc1. The number of aromatic nitrogens is 2. The molecule has 0 saturated heterocycles. The van der Waals surface area contributed by atoms with Crippen molar-refractivity contribution in [2.75, 3.05) is 0 Å². The summed E-state index contributed by atoms with van der Waals surface area (Å²) in [5, 5.41) is 18.2. The van der Waals surface area contributed by atoms with Gasteiger partial charge in [0.15, 0.2) is 0 Å². The molecule has 106 valence electrons. The molecule has 0 spiro atoms. The van der Waals surface area contributed by atoms with Crippen LogP contribution >= 0.6 is 11.6 Å². The van der Waals surface area contributed by atoms with E-state index < -0.39 is 5.60 Å². The van der Waals surface area contributed by atoms with Crippen LogP contribution < -0.4 is 0 Å². The van der Waals surface area contributed by atoms with E-state index in [1.165, 1.54) is 0 Å². The van der Waals surface area contributed by atoms with Gasteiger partial charge in [0, 0.05) is 16.8 Å². The van der Waals surface area contributed by atoms with Crippen molar-refractivity contribution in [2.24, 2.45) is 0 Å². The maximum Gasteiger partial charge on any atom is 0.112 e. The molecule has 0 aliphatic carbocycles. The molecule has 4 heteroatoms. The van der Waals surface area contributed by atoms with E-state index in [1.807, 2.05) is 42.6 Å². The lowest BCUT2D eigenvalue weighted by atomic mass is 9.87. The Bertz CT molecular complexity index is 716. The highest BCUT2D eigenvalue weighted by molar-refractivity contribution is 6.30. The second-order valence-corrected chi connectivity index (χ2v) is 5.58. The first-order chi connectivity index (χ1) is 10.1. The van der Waals surface area contributed by atoms with Gasteiger partial charge in [-0.25, -0.2) is 0 Å². The first kappa shape index (κ1) is 13.9. The Labute approximate surface area is 128 Å². The van der Waals surface area contributed by atoms with E-state index in [4.69, 9.17) is 11.6 Å². The van der Waals surface area contributed by atoms with Crippen LogP contribution in [0.2, 0.25) is 5.02 Å². The third-order valence-corrected chi connectivity index (χ3v) is 3.94. The second-order valence-electron chi connectivity index (χ2n) is 5.14. The van der Waals surface area contributed by atoms with Gasteiger partial charge in [-0.15, -0.1) is 0 Å². The molecule has 3 nitrogen and oxygen atoms in total. The fourth-order valence-electron chi connectivity index (χ4n) is 2.34.